The predicted molar refractivity (Wildman–Crippen MR) is 65.2 cm³/mol. The lowest BCUT2D eigenvalue weighted by atomic mass is 10.1. The van der Waals surface area contributed by atoms with Gasteiger partial charge in [0.15, 0.2) is 18.1 Å². The number of aromatic hydroxyl groups is 2. The molecule has 92 valence electrons. The van der Waals surface area contributed by atoms with Crippen LogP contribution in [0.4, 0.5) is 0 Å². The van der Waals surface area contributed by atoms with Crippen molar-refractivity contribution < 1.29 is 31.6 Å². The van der Waals surface area contributed by atoms with Crippen LogP contribution in [0.2, 0.25) is 0 Å². The van der Waals surface area contributed by atoms with Gasteiger partial charge in [0, 0.05) is 17.5 Å². The molecule has 3 rings (SSSR count). The summed E-state index contributed by atoms with van der Waals surface area (Å²) in [5, 5.41) is 21.5. The maximum atomic E-state index is 9.82. The van der Waals surface area contributed by atoms with Gasteiger partial charge in [0.25, 0.3) is 5.52 Å². The minimum Gasteiger partial charge on any atom is -1.00 e. The molecule has 3 aromatic rings. The zero-order valence-corrected chi connectivity index (χ0v) is 11.3. The molecule has 0 atom stereocenters. The Morgan fingerprint density at radius 1 is 1.11 bits per heavy atom. The van der Waals surface area contributed by atoms with Gasteiger partial charge in [0.2, 0.25) is 5.75 Å². The highest BCUT2D eigenvalue weighted by Crippen LogP contribution is 2.28. The van der Waals surface area contributed by atoms with E-state index in [1.807, 2.05) is 28.8 Å². The van der Waals surface area contributed by atoms with Crippen LogP contribution in [0.5, 0.6) is 11.5 Å². The fourth-order valence-corrected chi connectivity index (χ4v) is 2.11. The molecule has 0 bridgehead atoms. The smallest absolute Gasteiger partial charge is 0.257 e. The van der Waals surface area contributed by atoms with Crippen molar-refractivity contribution in [3.05, 3.63) is 48.3 Å². The fourth-order valence-electron chi connectivity index (χ4n) is 2.11. The number of nitrogens with zero attached hydrogens (tertiary/aromatic N) is 1. The Morgan fingerprint density at radius 2 is 1.89 bits per heavy atom. The van der Waals surface area contributed by atoms with E-state index < -0.39 is 0 Å². The van der Waals surface area contributed by atoms with E-state index in [2.05, 4.69) is 13.0 Å². The van der Waals surface area contributed by atoms with E-state index in [1.54, 1.807) is 6.20 Å². The van der Waals surface area contributed by atoms with E-state index in [1.165, 1.54) is 11.6 Å². The number of fused-ring (bicyclic) bond motifs is 2. The predicted octanol–water partition coefficient (Wildman–Crippen LogP) is -0.698. The van der Waals surface area contributed by atoms with E-state index in [9.17, 15) is 10.2 Å². The van der Waals surface area contributed by atoms with E-state index in [4.69, 9.17) is 0 Å². The monoisotopic (exact) mass is 305 g/mol. The number of rotatable bonds is 0. The summed E-state index contributed by atoms with van der Waals surface area (Å²) in [6.07, 6.45) is 3.69. The summed E-state index contributed by atoms with van der Waals surface area (Å²) < 4.78 is 1.81. The summed E-state index contributed by atoms with van der Waals surface area (Å²) in [5.41, 5.74) is 1.78. The summed E-state index contributed by atoms with van der Waals surface area (Å²) in [4.78, 5) is 0. The van der Waals surface area contributed by atoms with Gasteiger partial charge in [-0.15, -0.1) is 0 Å². The highest BCUT2D eigenvalue weighted by atomic mass is 79.9. The van der Waals surface area contributed by atoms with Gasteiger partial charge in [-0.25, -0.2) is 0 Å². The van der Waals surface area contributed by atoms with Crippen molar-refractivity contribution in [1.29, 1.82) is 0 Å². The fraction of sp³-hybridized carbons (Fsp3) is 0.0714. The van der Waals surface area contributed by atoms with Crippen molar-refractivity contribution in [2.45, 2.75) is 6.92 Å². The lowest BCUT2D eigenvalue weighted by molar-refractivity contribution is -0.510. The summed E-state index contributed by atoms with van der Waals surface area (Å²) in [6.45, 7) is 2.05. The second-order valence-corrected chi connectivity index (χ2v) is 4.19. The molecule has 1 aromatic carbocycles. The molecular formula is C14H12BrNO2. The SMILES string of the molecule is Cc1cccc2cc3c(O)c(O)cc[n+]3cc12.[Br-]. The topological polar surface area (TPSA) is 44.6 Å². The van der Waals surface area contributed by atoms with Crippen LogP contribution in [0.15, 0.2) is 42.7 Å². The molecule has 0 aliphatic heterocycles. The third kappa shape index (κ3) is 1.78. The van der Waals surface area contributed by atoms with Crippen molar-refractivity contribution in [1.82, 2.24) is 0 Å². The van der Waals surface area contributed by atoms with Crippen LogP contribution < -0.4 is 21.4 Å². The maximum Gasteiger partial charge on any atom is 0.257 e. The molecule has 2 N–H and O–H groups in total. The molecule has 3 nitrogen and oxygen atoms in total. The summed E-state index contributed by atoms with van der Waals surface area (Å²) in [7, 11) is 0. The van der Waals surface area contributed by atoms with Crippen LogP contribution in [0.3, 0.4) is 0 Å². The number of pyridine rings is 2. The molecule has 0 amide bonds. The first-order valence-corrected chi connectivity index (χ1v) is 5.42. The first-order chi connectivity index (χ1) is 8.16. The highest BCUT2D eigenvalue weighted by molar-refractivity contribution is 5.87. The maximum absolute atomic E-state index is 9.82. The Labute approximate surface area is 115 Å². The van der Waals surface area contributed by atoms with Crippen molar-refractivity contribution in [2.24, 2.45) is 0 Å². The Kier molecular flexibility index (Phi) is 3.13. The molecule has 2 heterocycles. The normalized spacial score (nSPS) is 10.5. The van der Waals surface area contributed by atoms with Gasteiger partial charge in [-0.3, -0.25) is 0 Å². The van der Waals surface area contributed by atoms with Gasteiger partial charge >= 0.3 is 0 Å². The van der Waals surface area contributed by atoms with Gasteiger partial charge in [-0.1, -0.05) is 18.2 Å². The van der Waals surface area contributed by atoms with Crippen molar-refractivity contribution in [3.63, 3.8) is 0 Å². The quantitative estimate of drug-likeness (QED) is 0.426. The van der Waals surface area contributed by atoms with Crippen molar-refractivity contribution >= 4 is 16.3 Å². The molecule has 0 unspecified atom stereocenters. The van der Waals surface area contributed by atoms with Gasteiger partial charge in [0.05, 0.1) is 0 Å². The van der Waals surface area contributed by atoms with Crippen LogP contribution in [0.1, 0.15) is 5.56 Å². The largest absolute Gasteiger partial charge is 1.00 e. The second-order valence-electron chi connectivity index (χ2n) is 4.19. The third-order valence-electron chi connectivity index (χ3n) is 3.07. The number of hydrogen-bond acceptors (Lipinski definition) is 2. The standard InChI is InChI=1S/C14H11NO2.BrH/c1-9-3-2-4-10-7-12-14(17)13(16)5-6-15(12)8-11(9)10;/h2-8,17H,1H3;1H. The lowest BCUT2D eigenvalue weighted by Gasteiger charge is -2.02. The molecular weight excluding hydrogens is 294 g/mol. The molecule has 0 saturated heterocycles. The Bertz CT molecular complexity index is 741. The van der Waals surface area contributed by atoms with Crippen LogP contribution in [-0.4, -0.2) is 10.2 Å². The molecule has 0 spiro atoms. The van der Waals surface area contributed by atoms with Crippen molar-refractivity contribution in [3.8, 4) is 11.5 Å². The Balaban J connectivity index is 0.00000120. The molecule has 0 aliphatic rings. The van der Waals surface area contributed by atoms with Crippen LogP contribution >= 0.6 is 0 Å². The lowest BCUT2D eigenvalue weighted by Crippen LogP contribution is -3.00. The van der Waals surface area contributed by atoms with Crippen LogP contribution in [0.25, 0.3) is 16.3 Å². The van der Waals surface area contributed by atoms with Gasteiger partial charge in [-0.05, 0) is 17.9 Å². The second kappa shape index (κ2) is 4.46. The van der Waals surface area contributed by atoms with E-state index >= 15 is 0 Å². The highest BCUT2D eigenvalue weighted by Gasteiger charge is 2.14. The average Bonchev–Trinajstić information content (AvgIpc) is 2.33. The molecule has 18 heavy (non-hydrogen) atoms. The molecule has 2 aromatic heterocycles. The third-order valence-corrected chi connectivity index (χ3v) is 3.07. The number of hydrogen-bond donors (Lipinski definition) is 2. The van der Waals surface area contributed by atoms with E-state index in [0.29, 0.717) is 5.52 Å². The minimum atomic E-state index is -0.1000. The Hall–Kier alpha value is -1.81. The number of benzene rings is 1. The van der Waals surface area contributed by atoms with Gasteiger partial charge in [0.1, 0.15) is 0 Å². The molecule has 4 heteroatoms. The minimum absolute atomic E-state index is 0. The molecule has 0 saturated carbocycles. The molecule has 0 radical (unpaired) electrons. The van der Waals surface area contributed by atoms with Crippen LogP contribution in [-0.2, 0) is 0 Å². The average molecular weight is 306 g/mol. The first-order valence-electron chi connectivity index (χ1n) is 5.42. The zero-order valence-electron chi connectivity index (χ0n) is 9.76. The number of aromatic nitrogens is 1. The first kappa shape index (κ1) is 12.6. The summed E-state index contributed by atoms with van der Waals surface area (Å²) in [5.74, 6) is -0.187. The van der Waals surface area contributed by atoms with Crippen LogP contribution in [0, 0.1) is 6.92 Å². The molecule has 0 aliphatic carbocycles. The van der Waals surface area contributed by atoms with E-state index in [-0.39, 0.29) is 28.5 Å². The molecule has 0 fully saturated rings. The summed E-state index contributed by atoms with van der Waals surface area (Å²) in [6, 6.07) is 9.37. The van der Waals surface area contributed by atoms with Gasteiger partial charge < -0.3 is 27.2 Å². The van der Waals surface area contributed by atoms with Gasteiger partial charge in [-0.2, -0.15) is 4.40 Å². The number of aryl methyl sites for hydroxylation is 1. The van der Waals surface area contributed by atoms with E-state index in [0.717, 1.165) is 10.8 Å². The Morgan fingerprint density at radius 3 is 2.67 bits per heavy atom. The summed E-state index contributed by atoms with van der Waals surface area (Å²) >= 11 is 0. The van der Waals surface area contributed by atoms with Crippen molar-refractivity contribution in [2.75, 3.05) is 0 Å². The zero-order chi connectivity index (χ0) is 12.0. The number of halogens is 1.